The van der Waals surface area contributed by atoms with Gasteiger partial charge < -0.3 is 10.2 Å². The number of rotatable bonds is 3. The van der Waals surface area contributed by atoms with E-state index < -0.39 is 12.1 Å². The van der Waals surface area contributed by atoms with Crippen LogP contribution in [0.25, 0.3) is 0 Å². The number of carboxylic acid groups (broad SMARTS) is 1. The number of hydrogen-bond donors (Lipinski definition) is 4. The van der Waals surface area contributed by atoms with E-state index >= 15 is 0 Å². The molecular weight excluding hydrogens is 151 g/mol. The average Bonchev–Trinajstić information content (AvgIpc) is 1.67. The molecule has 0 aliphatic carbocycles. The molecule has 5 N–H and O–H groups in total. The minimum absolute atomic E-state index is 0. The molecule has 50 valence electrons. The summed E-state index contributed by atoms with van der Waals surface area (Å²) in [5, 5.41) is 16.4. The summed E-state index contributed by atoms with van der Waals surface area (Å²) in [4.78, 5) is 9.74. The maximum atomic E-state index is 9.74. The number of aliphatic hydroxyl groups is 1. The Labute approximate surface area is 95.0 Å². The van der Waals surface area contributed by atoms with Crippen molar-refractivity contribution >= 4 is 57.4 Å². The Hall–Kier alpha value is 0.986. The number of aliphatic hydroxyl groups excluding tert-OH is 1. The van der Waals surface area contributed by atoms with Gasteiger partial charge in [-0.2, -0.15) is 0 Å². The minimum atomic E-state index is -1.40. The summed E-state index contributed by atoms with van der Waals surface area (Å²) < 4.78 is 0. The second-order valence-corrected chi connectivity index (χ2v) is 1.26. The summed E-state index contributed by atoms with van der Waals surface area (Å²) in [5.74, 6) is 3.42. The van der Waals surface area contributed by atoms with Crippen molar-refractivity contribution in [2.75, 3.05) is 6.54 Å². The molecule has 5 nitrogen and oxygen atoms in total. The molecule has 0 rings (SSSR count). The molecule has 0 radical (unpaired) electrons. The van der Waals surface area contributed by atoms with Crippen LogP contribution in [0.4, 0.5) is 0 Å². The molecular formula is C3H9KN2O3. The van der Waals surface area contributed by atoms with E-state index in [1.165, 1.54) is 0 Å². The summed E-state index contributed by atoms with van der Waals surface area (Å²) in [6, 6.07) is 0. The van der Waals surface area contributed by atoms with Gasteiger partial charge in [-0.25, -0.2) is 4.79 Å². The third kappa shape index (κ3) is 6.88. The van der Waals surface area contributed by atoms with Crippen molar-refractivity contribution in [2.24, 2.45) is 5.84 Å². The number of carbonyl (C=O) groups is 1. The number of aliphatic carboxylic acids is 1. The number of hydrazine groups is 1. The maximum absolute atomic E-state index is 9.74. The van der Waals surface area contributed by atoms with Gasteiger partial charge in [-0.3, -0.25) is 11.3 Å². The van der Waals surface area contributed by atoms with E-state index in [1.54, 1.807) is 0 Å². The zero-order valence-electron chi connectivity index (χ0n) is 4.16. The van der Waals surface area contributed by atoms with Gasteiger partial charge in [-0.05, 0) is 0 Å². The SMILES string of the molecule is NNCC(O)C(=O)O.[KH]. The molecule has 0 saturated heterocycles. The Morgan fingerprint density at radius 2 is 2.22 bits per heavy atom. The van der Waals surface area contributed by atoms with Gasteiger partial charge >= 0.3 is 57.4 Å². The van der Waals surface area contributed by atoms with E-state index in [-0.39, 0.29) is 57.9 Å². The van der Waals surface area contributed by atoms with Gasteiger partial charge in [-0.15, -0.1) is 0 Å². The first-order valence-electron chi connectivity index (χ1n) is 2.03. The predicted molar refractivity (Wildman–Crippen MR) is 33.0 cm³/mol. The van der Waals surface area contributed by atoms with Crippen LogP contribution in [0.5, 0.6) is 0 Å². The molecule has 0 aromatic rings. The van der Waals surface area contributed by atoms with Crippen molar-refractivity contribution in [3.8, 4) is 0 Å². The van der Waals surface area contributed by atoms with E-state index in [0.29, 0.717) is 0 Å². The summed E-state index contributed by atoms with van der Waals surface area (Å²) in [6.45, 7) is -0.130. The van der Waals surface area contributed by atoms with Crippen molar-refractivity contribution in [3.05, 3.63) is 0 Å². The molecule has 0 aromatic heterocycles. The Kier molecular flexibility index (Phi) is 9.97. The normalized spacial score (nSPS) is 11.8. The molecule has 0 saturated carbocycles. The zero-order chi connectivity index (χ0) is 6.57. The standard InChI is InChI=1S/C3H8N2O3.K.H/c4-5-1-2(6)3(7)8;;/h2,5-6H,1,4H2,(H,7,8);;. The fraction of sp³-hybridized carbons (Fsp3) is 0.667. The van der Waals surface area contributed by atoms with Crippen LogP contribution in [0.1, 0.15) is 0 Å². The summed E-state index contributed by atoms with van der Waals surface area (Å²) >= 11 is 0. The Morgan fingerprint density at radius 3 is 2.33 bits per heavy atom. The van der Waals surface area contributed by atoms with Crippen LogP contribution in [0.2, 0.25) is 0 Å². The van der Waals surface area contributed by atoms with Gasteiger partial charge in [-0.1, -0.05) is 0 Å². The van der Waals surface area contributed by atoms with Crippen molar-refractivity contribution in [2.45, 2.75) is 6.10 Å². The molecule has 0 aromatic carbocycles. The van der Waals surface area contributed by atoms with Crippen LogP contribution in [0.3, 0.4) is 0 Å². The second-order valence-electron chi connectivity index (χ2n) is 1.26. The van der Waals surface area contributed by atoms with Crippen LogP contribution < -0.4 is 11.3 Å². The van der Waals surface area contributed by atoms with Crippen molar-refractivity contribution in [1.82, 2.24) is 5.43 Å². The molecule has 9 heavy (non-hydrogen) atoms. The quantitative estimate of drug-likeness (QED) is 0.204. The monoisotopic (exact) mass is 160 g/mol. The average molecular weight is 160 g/mol. The van der Waals surface area contributed by atoms with Crippen molar-refractivity contribution in [3.63, 3.8) is 0 Å². The molecule has 1 atom stereocenters. The van der Waals surface area contributed by atoms with Crippen LogP contribution in [0, 0.1) is 0 Å². The van der Waals surface area contributed by atoms with Crippen LogP contribution in [0.15, 0.2) is 0 Å². The molecule has 6 heteroatoms. The molecule has 0 amide bonds. The fourth-order valence-electron chi connectivity index (χ4n) is 0.199. The van der Waals surface area contributed by atoms with Gasteiger partial charge in [0.25, 0.3) is 0 Å². The Bertz CT molecular complexity index is 89.1. The molecule has 0 aliphatic heterocycles. The number of nitrogens with two attached hydrogens (primary N) is 1. The molecule has 0 heterocycles. The van der Waals surface area contributed by atoms with Crippen molar-refractivity contribution in [1.29, 1.82) is 0 Å². The number of hydrogen-bond acceptors (Lipinski definition) is 4. The third-order valence-electron chi connectivity index (χ3n) is 0.596. The zero-order valence-corrected chi connectivity index (χ0v) is 4.16. The van der Waals surface area contributed by atoms with Crippen LogP contribution in [-0.2, 0) is 4.79 Å². The van der Waals surface area contributed by atoms with Gasteiger partial charge in [0.15, 0.2) is 6.10 Å². The van der Waals surface area contributed by atoms with Gasteiger partial charge in [0.05, 0.1) is 0 Å². The fourth-order valence-corrected chi connectivity index (χ4v) is 0.199. The molecule has 0 fully saturated rings. The third-order valence-corrected chi connectivity index (χ3v) is 0.596. The molecule has 0 spiro atoms. The molecule has 1 unspecified atom stereocenters. The van der Waals surface area contributed by atoms with E-state index in [4.69, 9.17) is 16.1 Å². The van der Waals surface area contributed by atoms with E-state index in [9.17, 15) is 4.79 Å². The first kappa shape index (κ1) is 12.6. The van der Waals surface area contributed by atoms with Gasteiger partial charge in [0, 0.05) is 6.54 Å². The summed E-state index contributed by atoms with van der Waals surface area (Å²) in [6.07, 6.45) is -1.40. The summed E-state index contributed by atoms with van der Waals surface area (Å²) in [5.41, 5.74) is 2.02. The van der Waals surface area contributed by atoms with E-state index in [0.717, 1.165) is 0 Å². The van der Waals surface area contributed by atoms with Crippen molar-refractivity contribution < 1.29 is 15.0 Å². The van der Waals surface area contributed by atoms with Crippen LogP contribution in [-0.4, -0.2) is 80.2 Å². The topological polar surface area (TPSA) is 95.6 Å². The number of nitrogens with one attached hydrogen (secondary N) is 1. The Balaban J connectivity index is 0. The van der Waals surface area contributed by atoms with E-state index in [2.05, 4.69) is 0 Å². The van der Waals surface area contributed by atoms with E-state index in [1.807, 2.05) is 5.43 Å². The first-order chi connectivity index (χ1) is 3.68. The molecule has 0 bridgehead atoms. The summed E-state index contributed by atoms with van der Waals surface area (Å²) in [7, 11) is 0. The van der Waals surface area contributed by atoms with Gasteiger partial charge in [0.2, 0.25) is 0 Å². The first-order valence-corrected chi connectivity index (χ1v) is 2.03. The van der Waals surface area contributed by atoms with Crippen LogP contribution >= 0.6 is 0 Å². The van der Waals surface area contributed by atoms with Gasteiger partial charge in [0.1, 0.15) is 0 Å². The Morgan fingerprint density at radius 1 is 1.78 bits per heavy atom. The molecule has 0 aliphatic rings. The second kappa shape index (κ2) is 7.10. The number of carboxylic acids is 1. The predicted octanol–water partition coefficient (Wildman–Crippen LogP) is -2.75.